The van der Waals surface area contributed by atoms with Crippen molar-refractivity contribution in [3.05, 3.63) is 65.7 Å². The van der Waals surface area contributed by atoms with Crippen LogP contribution in [0.3, 0.4) is 0 Å². The molecule has 0 aliphatic rings. The van der Waals surface area contributed by atoms with Crippen LogP contribution < -0.4 is 26.0 Å². The fourth-order valence-electron chi connectivity index (χ4n) is 3.20. The summed E-state index contributed by atoms with van der Waals surface area (Å²) < 4.78 is 5.12. The summed E-state index contributed by atoms with van der Waals surface area (Å²) in [5.74, 6) is 2.41. The zero-order valence-corrected chi connectivity index (χ0v) is 19.6. The number of benzene rings is 2. The Morgan fingerprint density at radius 3 is 1.97 bits per heavy atom. The number of carbonyl (C=O) groups is 2. The molecule has 4 N–H and O–H groups in total. The van der Waals surface area contributed by atoms with E-state index >= 15 is 0 Å². The topological polar surface area (TPSA) is 117 Å². The Kier molecular flexibility index (Phi) is 8.79. The Morgan fingerprint density at radius 2 is 1.41 bits per heavy atom. The van der Waals surface area contributed by atoms with E-state index in [-0.39, 0.29) is 11.8 Å². The smallest absolute Gasteiger partial charge is 0.251 e. The molecule has 0 spiro atoms. The number of amides is 2. The molecule has 0 unspecified atom stereocenters. The number of nitrogens with zero attached hydrogens (tertiary/aromatic N) is 2. The average Bonchev–Trinajstić information content (AvgIpc) is 2.86. The van der Waals surface area contributed by atoms with Gasteiger partial charge in [0.05, 0.1) is 7.11 Å². The predicted octanol–water partition coefficient (Wildman–Crippen LogP) is 2.85. The standard InChI is InChI=1S/C25H30N6O3/c1-17-22(27-14-13-26-18(2)32)30-24(19-7-5-4-6-8-19)31-23(17)28-15-16-29-25(33)20-9-11-21(34-3)12-10-20/h4-12H,13-16H2,1-3H3,(H,26,32)(H,29,33)(H2,27,28,30,31). The maximum absolute atomic E-state index is 12.4. The van der Waals surface area contributed by atoms with E-state index in [9.17, 15) is 9.59 Å². The quantitative estimate of drug-likeness (QED) is 0.324. The van der Waals surface area contributed by atoms with Gasteiger partial charge in [0, 0.05) is 49.8 Å². The summed E-state index contributed by atoms with van der Waals surface area (Å²) in [6.45, 7) is 5.33. The first-order chi connectivity index (χ1) is 16.5. The minimum absolute atomic E-state index is 0.0785. The van der Waals surface area contributed by atoms with E-state index in [1.165, 1.54) is 6.92 Å². The van der Waals surface area contributed by atoms with Crippen molar-refractivity contribution < 1.29 is 14.3 Å². The van der Waals surface area contributed by atoms with Gasteiger partial charge in [-0.3, -0.25) is 9.59 Å². The number of carbonyl (C=O) groups excluding carboxylic acids is 2. The Labute approximate surface area is 199 Å². The lowest BCUT2D eigenvalue weighted by Gasteiger charge is -2.16. The lowest BCUT2D eigenvalue weighted by molar-refractivity contribution is -0.118. The molecule has 0 saturated heterocycles. The van der Waals surface area contributed by atoms with Crippen molar-refractivity contribution in [2.75, 3.05) is 43.9 Å². The molecule has 9 nitrogen and oxygen atoms in total. The molecule has 0 radical (unpaired) electrons. The third-order valence-corrected chi connectivity index (χ3v) is 5.02. The average molecular weight is 463 g/mol. The fourth-order valence-corrected chi connectivity index (χ4v) is 3.20. The third-order valence-electron chi connectivity index (χ3n) is 5.02. The van der Waals surface area contributed by atoms with Gasteiger partial charge < -0.3 is 26.0 Å². The molecule has 3 aromatic rings. The number of rotatable bonds is 11. The second-order valence-electron chi connectivity index (χ2n) is 7.56. The Bertz CT molecular complexity index is 1100. The zero-order valence-electron chi connectivity index (χ0n) is 19.6. The highest BCUT2D eigenvalue weighted by Crippen LogP contribution is 2.24. The first kappa shape index (κ1) is 24.5. The lowest BCUT2D eigenvalue weighted by Crippen LogP contribution is -2.29. The summed E-state index contributed by atoms with van der Waals surface area (Å²) in [6, 6.07) is 16.7. The number of ether oxygens (including phenoxy) is 1. The van der Waals surface area contributed by atoms with Crippen LogP contribution in [0.1, 0.15) is 22.8 Å². The summed E-state index contributed by atoms with van der Waals surface area (Å²) in [4.78, 5) is 32.9. The fraction of sp³-hybridized carbons (Fsp3) is 0.280. The second kappa shape index (κ2) is 12.2. The van der Waals surface area contributed by atoms with E-state index in [4.69, 9.17) is 9.72 Å². The van der Waals surface area contributed by atoms with Crippen LogP contribution in [0.4, 0.5) is 11.6 Å². The molecule has 2 amide bonds. The number of nitrogens with one attached hydrogen (secondary N) is 4. The molecular formula is C25H30N6O3. The largest absolute Gasteiger partial charge is 0.497 e. The monoisotopic (exact) mass is 462 g/mol. The molecule has 1 aromatic heterocycles. The molecule has 178 valence electrons. The normalized spacial score (nSPS) is 10.3. The van der Waals surface area contributed by atoms with Gasteiger partial charge in [0.15, 0.2) is 5.82 Å². The molecule has 3 rings (SSSR count). The highest BCUT2D eigenvalue weighted by molar-refractivity contribution is 5.94. The van der Waals surface area contributed by atoms with Crippen molar-refractivity contribution in [3.63, 3.8) is 0 Å². The summed E-state index contributed by atoms with van der Waals surface area (Å²) in [5, 5.41) is 12.2. The molecule has 34 heavy (non-hydrogen) atoms. The van der Waals surface area contributed by atoms with Crippen molar-refractivity contribution in [2.24, 2.45) is 0 Å². The van der Waals surface area contributed by atoms with E-state index in [1.54, 1.807) is 31.4 Å². The highest BCUT2D eigenvalue weighted by Gasteiger charge is 2.12. The van der Waals surface area contributed by atoms with E-state index in [0.717, 1.165) is 11.1 Å². The zero-order chi connectivity index (χ0) is 24.3. The number of hydrogen-bond donors (Lipinski definition) is 4. The summed E-state index contributed by atoms with van der Waals surface area (Å²) in [5.41, 5.74) is 2.31. The van der Waals surface area contributed by atoms with Crippen LogP contribution in [0, 0.1) is 6.92 Å². The summed E-state index contributed by atoms with van der Waals surface area (Å²) in [7, 11) is 1.59. The predicted molar refractivity (Wildman–Crippen MR) is 133 cm³/mol. The van der Waals surface area contributed by atoms with Gasteiger partial charge in [-0.05, 0) is 31.2 Å². The van der Waals surface area contributed by atoms with Gasteiger partial charge in [-0.15, -0.1) is 0 Å². The minimum Gasteiger partial charge on any atom is -0.497 e. The Hall–Kier alpha value is -4.14. The molecule has 9 heteroatoms. The van der Waals surface area contributed by atoms with Crippen LogP contribution >= 0.6 is 0 Å². The van der Waals surface area contributed by atoms with Gasteiger partial charge in [-0.2, -0.15) is 0 Å². The van der Waals surface area contributed by atoms with Crippen LogP contribution in [0.5, 0.6) is 5.75 Å². The van der Waals surface area contributed by atoms with Crippen LogP contribution in [-0.4, -0.2) is 55.1 Å². The van der Waals surface area contributed by atoms with Crippen molar-refractivity contribution in [3.8, 4) is 17.1 Å². The van der Waals surface area contributed by atoms with Crippen molar-refractivity contribution in [2.45, 2.75) is 13.8 Å². The lowest BCUT2D eigenvalue weighted by atomic mass is 10.2. The van der Waals surface area contributed by atoms with E-state index in [0.29, 0.717) is 55.0 Å². The number of methoxy groups -OCH3 is 1. The molecule has 0 atom stereocenters. The Balaban J connectivity index is 1.65. The van der Waals surface area contributed by atoms with Crippen molar-refractivity contribution >= 4 is 23.5 Å². The van der Waals surface area contributed by atoms with Crippen LogP contribution in [0.2, 0.25) is 0 Å². The number of aromatic nitrogens is 2. The molecule has 1 heterocycles. The second-order valence-corrected chi connectivity index (χ2v) is 7.56. The van der Waals surface area contributed by atoms with Crippen molar-refractivity contribution in [1.29, 1.82) is 0 Å². The maximum Gasteiger partial charge on any atom is 0.251 e. The molecule has 0 aliphatic carbocycles. The van der Waals surface area contributed by atoms with Gasteiger partial charge in [0.25, 0.3) is 5.91 Å². The van der Waals surface area contributed by atoms with Gasteiger partial charge in [0.2, 0.25) is 5.91 Å². The van der Waals surface area contributed by atoms with E-state index < -0.39 is 0 Å². The van der Waals surface area contributed by atoms with Crippen LogP contribution in [-0.2, 0) is 4.79 Å². The molecule has 0 bridgehead atoms. The van der Waals surface area contributed by atoms with Gasteiger partial charge in [0.1, 0.15) is 17.4 Å². The molecular weight excluding hydrogens is 432 g/mol. The van der Waals surface area contributed by atoms with Gasteiger partial charge in [-0.1, -0.05) is 30.3 Å². The molecule has 0 aliphatic heterocycles. The minimum atomic E-state index is -0.158. The molecule has 0 fully saturated rings. The van der Waals surface area contributed by atoms with Gasteiger partial charge >= 0.3 is 0 Å². The number of anilines is 2. The Morgan fingerprint density at radius 1 is 0.824 bits per heavy atom. The van der Waals surface area contributed by atoms with Gasteiger partial charge in [-0.25, -0.2) is 9.97 Å². The summed E-state index contributed by atoms with van der Waals surface area (Å²) >= 11 is 0. The molecule has 2 aromatic carbocycles. The first-order valence-corrected chi connectivity index (χ1v) is 11.1. The molecule has 0 saturated carbocycles. The first-order valence-electron chi connectivity index (χ1n) is 11.1. The van der Waals surface area contributed by atoms with Crippen molar-refractivity contribution in [1.82, 2.24) is 20.6 Å². The maximum atomic E-state index is 12.4. The van der Waals surface area contributed by atoms with Crippen LogP contribution in [0.25, 0.3) is 11.4 Å². The highest BCUT2D eigenvalue weighted by atomic mass is 16.5. The van der Waals surface area contributed by atoms with Crippen LogP contribution in [0.15, 0.2) is 54.6 Å². The summed E-state index contributed by atoms with van der Waals surface area (Å²) in [6.07, 6.45) is 0. The number of hydrogen-bond acceptors (Lipinski definition) is 7. The van der Waals surface area contributed by atoms with E-state index in [1.807, 2.05) is 37.3 Å². The third kappa shape index (κ3) is 6.93. The van der Waals surface area contributed by atoms with E-state index in [2.05, 4.69) is 26.3 Å². The SMILES string of the molecule is COc1ccc(C(=O)NCCNc2nc(-c3ccccc3)nc(NCCNC(C)=O)c2C)cc1.